The van der Waals surface area contributed by atoms with E-state index in [4.69, 9.17) is 10.5 Å². The van der Waals surface area contributed by atoms with Crippen LogP contribution in [0, 0.1) is 0 Å². The number of rotatable bonds is 3. The molecule has 76 valence electrons. The predicted molar refractivity (Wildman–Crippen MR) is 54.7 cm³/mol. The molecule has 0 saturated heterocycles. The van der Waals surface area contributed by atoms with Crippen LogP contribution in [-0.2, 0) is 4.74 Å². The first-order chi connectivity index (χ1) is 6.57. The van der Waals surface area contributed by atoms with Gasteiger partial charge < -0.3 is 10.5 Å². The van der Waals surface area contributed by atoms with Crippen molar-refractivity contribution in [3.63, 3.8) is 0 Å². The van der Waals surface area contributed by atoms with Gasteiger partial charge in [-0.05, 0) is 13.8 Å². The fourth-order valence-electron chi connectivity index (χ4n) is 1.05. The van der Waals surface area contributed by atoms with E-state index in [1.54, 1.807) is 12.3 Å². The summed E-state index contributed by atoms with van der Waals surface area (Å²) in [6.45, 7) is 3.36. The van der Waals surface area contributed by atoms with E-state index >= 15 is 0 Å². The number of hydrogen-bond acceptors (Lipinski definition) is 5. The Kier molecular flexibility index (Phi) is 3.24. The van der Waals surface area contributed by atoms with Gasteiger partial charge in [0.1, 0.15) is 10.6 Å². The molecule has 1 aromatic rings. The molecule has 0 saturated carbocycles. The van der Waals surface area contributed by atoms with Crippen molar-refractivity contribution in [2.24, 2.45) is 0 Å². The second-order valence-electron chi connectivity index (χ2n) is 2.67. The van der Waals surface area contributed by atoms with Crippen molar-refractivity contribution < 1.29 is 14.3 Å². The van der Waals surface area contributed by atoms with E-state index in [9.17, 15) is 9.59 Å². The average Bonchev–Trinajstić information content (AvgIpc) is 2.47. The fourth-order valence-corrected chi connectivity index (χ4v) is 1.89. The van der Waals surface area contributed by atoms with Gasteiger partial charge in [-0.1, -0.05) is 0 Å². The van der Waals surface area contributed by atoms with E-state index in [-0.39, 0.29) is 18.0 Å². The zero-order valence-electron chi connectivity index (χ0n) is 7.99. The number of anilines is 1. The third kappa shape index (κ3) is 1.93. The number of nitrogen functional groups attached to an aromatic ring is 1. The van der Waals surface area contributed by atoms with Crippen LogP contribution in [-0.4, -0.2) is 18.4 Å². The van der Waals surface area contributed by atoms with Gasteiger partial charge in [-0.3, -0.25) is 4.79 Å². The van der Waals surface area contributed by atoms with E-state index in [2.05, 4.69) is 0 Å². The van der Waals surface area contributed by atoms with Crippen molar-refractivity contribution in [3.8, 4) is 0 Å². The summed E-state index contributed by atoms with van der Waals surface area (Å²) in [6.07, 6.45) is 0. The Morgan fingerprint density at radius 3 is 2.71 bits per heavy atom. The van der Waals surface area contributed by atoms with Crippen molar-refractivity contribution in [1.82, 2.24) is 0 Å². The molecule has 0 bridgehead atoms. The van der Waals surface area contributed by atoms with Crippen LogP contribution in [0.25, 0.3) is 0 Å². The zero-order chi connectivity index (χ0) is 10.7. The summed E-state index contributed by atoms with van der Waals surface area (Å²) in [5.41, 5.74) is 6.11. The molecule has 0 unspecified atom stereocenters. The molecule has 1 rings (SSSR count). The number of carbonyl (C=O) groups excluding carboxylic acids is 2. The zero-order valence-corrected chi connectivity index (χ0v) is 8.81. The van der Waals surface area contributed by atoms with Crippen molar-refractivity contribution in [2.75, 3.05) is 12.3 Å². The Bertz CT molecular complexity index is 370. The lowest BCUT2D eigenvalue weighted by atomic mass is 10.1. The number of ketones is 1. The van der Waals surface area contributed by atoms with Gasteiger partial charge in [0.15, 0.2) is 5.78 Å². The lowest BCUT2D eigenvalue weighted by Gasteiger charge is -2.02. The third-order valence-electron chi connectivity index (χ3n) is 1.68. The summed E-state index contributed by atoms with van der Waals surface area (Å²) in [4.78, 5) is 22.5. The number of esters is 1. The Morgan fingerprint density at radius 1 is 1.57 bits per heavy atom. The van der Waals surface area contributed by atoms with Gasteiger partial charge >= 0.3 is 5.97 Å². The number of Topliss-reactive ketones (excluding diaryl/α,β-unsaturated/α-hetero) is 1. The molecule has 0 aliphatic carbocycles. The maximum absolute atomic E-state index is 11.4. The highest BCUT2D eigenvalue weighted by Crippen LogP contribution is 2.26. The third-order valence-corrected chi connectivity index (χ3v) is 2.49. The molecule has 2 N–H and O–H groups in total. The second-order valence-corrected chi connectivity index (χ2v) is 3.58. The highest BCUT2D eigenvalue weighted by atomic mass is 32.1. The molecule has 1 aromatic heterocycles. The van der Waals surface area contributed by atoms with Gasteiger partial charge in [-0.25, -0.2) is 4.79 Å². The number of ether oxygens (including phenoxy) is 1. The lowest BCUT2D eigenvalue weighted by molar-refractivity contribution is 0.0525. The van der Waals surface area contributed by atoms with Crippen molar-refractivity contribution in [3.05, 3.63) is 16.5 Å². The number of hydrogen-bond donors (Lipinski definition) is 1. The summed E-state index contributed by atoms with van der Waals surface area (Å²) in [5.74, 6) is -0.711. The molecule has 0 aromatic carbocycles. The molecule has 0 aliphatic heterocycles. The summed E-state index contributed by atoms with van der Waals surface area (Å²) >= 11 is 1.17. The van der Waals surface area contributed by atoms with Crippen molar-refractivity contribution in [1.29, 1.82) is 0 Å². The van der Waals surface area contributed by atoms with Crippen LogP contribution >= 0.6 is 11.3 Å². The van der Waals surface area contributed by atoms with Crippen molar-refractivity contribution >= 4 is 28.1 Å². The fraction of sp³-hybridized carbons (Fsp3) is 0.333. The monoisotopic (exact) mass is 213 g/mol. The first kappa shape index (κ1) is 10.7. The van der Waals surface area contributed by atoms with Crippen LogP contribution in [0.4, 0.5) is 5.00 Å². The average molecular weight is 213 g/mol. The molecule has 4 nitrogen and oxygen atoms in total. The Balaban J connectivity index is 3.11. The molecule has 0 atom stereocenters. The summed E-state index contributed by atoms with van der Waals surface area (Å²) < 4.78 is 4.79. The standard InChI is InChI=1S/C9H11NO3S/c1-3-13-9(12)7-6(5(2)11)4-14-8(7)10/h4H,3,10H2,1-2H3. The smallest absolute Gasteiger partial charge is 0.341 e. The maximum atomic E-state index is 11.4. The summed E-state index contributed by atoms with van der Waals surface area (Å²) in [7, 11) is 0. The molecule has 5 heteroatoms. The molecule has 0 radical (unpaired) electrons. The van der Waals surface area contributed by atoms with Crippen LogP contribution in [0.15, 0.2) is 5.38 Å². The van der Waals surface area contributed by atoms with Gasteiger partial charge in [0.25, 0.3) is 0 Å². The molecule has 0 amide bonds. The van der Waals surface area contributed by atoms with E-state index < -0.39 is 5.97 Å². The van der Waals surface area contributed by atoms with Gasteiger partial charge in [0.05, 0.1) is 6.61 Å². The molecular formula is C9H11NO3S. The van der Waals surface area contributed by atoms with E-state index in [1.807, 2.05) is 0 Å². The largest absolute Gasteiger partial charge is 0.462 e. The molecule has 14 heavy (non-hydrogen) atoms. The summed E-state index contributed by atoms with van der Waals surface area (Å²) in [6, 6.07) is 0. The normalized spacial score (nSPS) is 9.86. The first-order valence-electron chi connectivity index (χ1n) is 4.13. The molecule has 0 spiro atoms. The first-order valence-corrected chi connectivity index (χ1v) is 5.00. The minimum atomic E-state index is -0.531. The van der Waals surface area contributed by atoms with Crippen LogP contribution in [0.5, 0.6) is 0 Å². The van der Waals surface area contributed by atoms with Crippen molar-refractivity contribution in [2.45, 2.75) is 13.8 Å². The summed E-state index contributed by atoms with van der Waals surface area (Å²) in [5, 5.41) is 1.90. The SMILES string of the molecule is CCOC(=O)c1c(C(C)=O)csc1N. The Labute approximate surface area is 85.7 Å². The number of nitrogens with two attached hydrogens (primary N) is 1. The minimum absolute atomic E-state index is 0.180. The minimum Gasteiger partial charge on any atom is -0.462 e. The quantitative estimate of drug-likeness (QED) is 0.613. The van der Waals surface area contributed by atoms with Crippen LogP contribution < -0.4 is 5.73 Å². The van der Waals surface area contributed by atoms with Crippen LogP contribution in [0.3, 0.4) is 0 Å². The second kappa shape index (κ2) is 4.23. The molecule has 1 heterocycles. The molecule has 0 aliphatic rings. The molecular weight excluding hydrogens is 202 g/mol. The van der Waals surface area contributed by atoms with E-state index in [0.717, 1.165) is 0 Å². The highest BCUT2D eigenvalue weighted by Gasteiger charge is 2.20. The number of thiophene rings is 1. The van der Waals surface area contributed by atoms with E-state index in [0.29, 0.717) is 10.6 Å². The lowest BCUT2D eigenvalue weighted by Crippen LogP contribution is -2.10. The van der Waals surface area contributed by atoms with Gasteiger partial charge in [-0.2, -0.15) is 0 Å². The predicted octanol–water partition coefficient (Wildman–Crippen LogP) is 1.71. The van der Waals surface area contributed by atoms with Gasteiger partial charge in [-0.15, -0.1) is 11.3 Å². The van der Waals surface area contributed by atoms with Crippen LogP contribution in [0.2, 0.25) is 0 Å². The van der Waals surface area contributed by atoms with Gasteiger partial charge in [0.2, 0.25) is 0 Å². The van der Waals surface area contributed by atoms with Crippen LogP contribution in [0.1, 0.15) is 34.6 Å². The Morgan fingerprint density at radius 2 is 2.21 bits per heavy atom. The molecule has 0 fully saturated rings. The van der Waals surface area contributed by atoms with Gasteiger partial charge in [0, 0.05) is 10.9 Å². The Hall–Kier alpha value is -1.36. The highest BCUT2D eigenvalue weighted by molar-refractivity contribution is 7.14. The number of carbonyl (C=O) groups is 2. The topological polar surface area (TPSA) is 69.4 Å². The van der Waals surface area contributed by atoms with E-state index in [1.165, 1.54) is 18.3 Å². The maximum Gasteiger partial charge on any atom is 0.341 e.